The molecule has 152 valence electrons. The van der Waals surface area contributed by atoms with Crippen LogP contribution in [0.25, 0.3) is 0 Å². The molecule has 4 rings (SSSR count). The van der Waals surface area contributed by atoms with E-state index in [9.17, 15) is 9.59 Å². The molecule has 0 saturated carbocycles. The third-order valence-corrected chi connectivity index (χ3v) is 5.74. The Bertz CT molecular complexity index is 1130. The summed E-state index contributed by atoms with van der Waals surface area (Å²) in [7, 11) is 0. The summed E-state index contributed by atoms with van der Waals surface area (Å²) in [5, 5.41) is 3.23. The predicted molar refractivity (Wildman–Crippen MR) is 118 cm³/mol. The van der Waals surface area contributed by atoms with Crippen molar-refractivity contribution in [2.75, 3.05) is 11.9 Å². The number of anilines is 1. The monoisotopic (exact) mass is 419 g/mol. The zero-order chi connectivity index (χ0) is 20.9. The Kier molecular flexibility index (Phi) is 5.99. The van der Waals surface area contributed by atoms with Gasteiger partial charge in [-0.3, -0.25) is 9.59 Å². The molecule has 30 heavy (non-hydrogen) atoms. The molecule has 6 nitrogen and oxygen atoms in total. The van der Waals surface area contributed by atoms with Gasteiger partial charge < -0.3 is 15.0 Å². The van der Waals surface area contributed by atoms with Crippen molar-refractivity contribution in [3.63, 3.8) is 0 Å². The van der Waals surface area contributed by atoms with Crippen molar-refractivity contribution < 1.29 is 9.53 Å². The molecule has 2 N–H and O–H groups in total. The van der Waals surface area contributed by atoms with Crippen LogP contribution in [0, 0.1) is 0 Å². The van der Waals surface area contributed by atoms with E-state index in [-0.39, 0.29) is 17.9 Å². The molecule has 0 bridgehead atoms. The molecule has 1 aromatic heterocycles. The normalized spacial score (nSPS) is 15.2. The number of ether oxygens (including phenoxy) is 1. The van der Waals surface area contributed by atoms with Crippen molar-refractivity contribution in [3.05, 3.63) is 94.3 Å². The van der Waals surface area contributed by atoms with Gasteiger partial charge in [-0.15, -0.1) is 0 Å². The van der Waals surface area contributed by atoms with Crippen LogP contribution in [0.15, 0.2) is 77.2 Å². The van der Waals surface area contributed by atoms with E-state index in [0.717, 1.165) is 11.1 Å². The first kappa shape index (κ1) is 20.0. The standard InChI is InChI=1S/C23H21N3O3S/c1-2-12-29-18-11-7-6-10-16(18)17-13-19(27)24-21-20(17)22(28)26-23(25-21)30-14-15-8-4-3-5-9-15/h2-11,17H,1,12-14H2,(H2,24,25,26,27,28)/t17-/m1/s1. The number of hydrogen-bond acceptors (Lipinski definition) is 5. The summed E-state index contributed by atoms with van der Waals surface area (Å²) in [6.45, 7) is 4.01. The van der Waals surface area contributed by atoms with Crippen LogP contribution in [0.3, 0.4) is 0 Å². The highest BCUT2D eigenvalue weighted by molar-refractivity contribution is 7.98. The number of amides is 1. The Morgan fingerprint density at radius 3 is 2.70 bits per heavy atom. The lowest BCUT2D eigenvalue weighted by Crippen LogP contribution is -2.31. The molecule has 1 aliphatic rings. The third-order valence-electron chi connectivity index (χ3n) is 4.80. The van der Waals surface area contributed by atoms with Crippen molar-refractivity contribution in [3.8, 4) is 5.75 Å². The Morgan fingerprint density at radius 2 is 1.90 bits per heavy atom. The van der Waals surface area contributed by atoms with E-state index in [1.165, 1.54) is 11.8 Å². The van der Waals surface area contributed by atoms with Gasteiger partial charge in [0.2, 0.25) is 5.91 Å². The van der Waals surface area contributed by atoms with E-state index in [4.69, 9.17) is 4.74 Å². The highest BCUT2D eigenvalue weighted by atomic mass is 32.2. The number of benzene rings is 2. The average molecular weight is 420 g/mol. The fraction of sp³-hybridized carbons (Fsp3) is 0.174. The van der Waals surface area contributed by atoms with E-state index < -0.39 is 5.92 Å². The van der Waals surface area contributed by atoms with Crippen LogP contribution in [0.1, 0.15) is 29.0 Å². The number of rotatable bonds is 7. The number of aromatic nitrogens is 2. The highest BCUT2D eigenvalue weighted by Crippen LogP contribution is 2.38. The minimum atomic E-state index is -0.431. The van der Waals surface area contributed by atoms with Gasteiger partial charge in [0.15, 0.2) is 5.16 Å². The van der Waals surface area contributed by atoms with Crippen LogP contribution in [-0.2, 0) is 10.5 Å². The van der Waals surface area contributed by atoms with Crippen molar-refractivity contribution in [2.45, 2.75) is 23.2 Å². The molecule has 7 heteroatoms. The second-order valence-corrected chi connectivity index (χ2v) is 7.81. The summed E-state index contributed by atoms with van der Waals surface area (Å²) < 4.78 is 5.75. The molecule has 0 radical (unpaired) electrons. The molecule has 0 unspecified atom stereocenters. The zero-order valence-electron chi connectivity index (χ0n) is 16.3. The van der Waals surface area contributed by atoms with Gasteiger partial charge in [-0.05, 0) is 11.6 Å². The van der Waals surface area contributed by atoms with Crippen molar-refractivity contribution in [1.29, 1.82) is 0 Å². The van der Waals surface area contributed by atoms with E-state index in [2.05, 4.69) is 21.9 Å². The summed E-state index contributed by atoms with van der Waals surface area (Å²) in [5.41, 5.74) is 2.11. The van der Waals surface area contributed by atoms with Crippen LogP contribution in [0.2, 0.25) is 0 Å². The second-order valence-electron chi connectivity index (χ2n) is 6.85. The van der Waals surface area contributed by atoms with Gasteiger partial charge >= 0.3 is 0 Å². The average Bonchev–Trinajstić information content (AvgIpc) is 2.76. The van der Waals surface area contributed by atoms with E-state index in [0.29, 0.717) is 34.6 Å². The summed E-state index contributed by atoms with van der Waals surface area (Å²) in [6.07, 6.45) is 1.81. The Labute approximate surface area is 178 Å². The van der Waals surface area contributed by atoms with Gasteiger partial charge in [0.25, 0.3) is 5.56 Å². The largest absolute Gasteiger partial charge is 0.489 e. The first-order valence-corrected chi connectivity index (χ1v) is 10.6. The van der Waals surface area contributed by atoms with Gasteiger partial charge in [-0.2, -0.15) is 0 Å². The molecule has 1 amide bonds. The van der Waals surface area contributed by atoms with Crippen LogP contribution >= 0.6 is 11.8 Å². The number of hydrogen-bond donors (Lipinski definition) is 2. The minimum Gasteiger partial charge on any atom is -0.489 e. The summed E-state index contributed by atoms with van der Waals surface area (Å²) in [5.74, 6) is 0.999. The van der Waals surface area contributed by atoms with Gasteiger partial charge in [0, 0.05) is 23.7 Å². The predicted octanol–water partition coefficient (Wildman–Crippen LogP) is 4.10. The maximum atomic E-state index is 13.0. The van der Waals surface area contributed by atoms with Crippen LogP contribution in [0.5, 0.6) is 5.75 Å². The topological polar surface area (TPSA) is 84.1 Å². The molecular weight excluding hydrogens is 398 g/mol. The Morgan fingerprint density at radius 1 is 1.13 bits per heavy atom. The number of carbonyl (C=O) groups excluding carboxylic acids is 1. The number of H-pyrrole nitrogens is 1. The summed E-state index contributed by atoms with van der Waals surface area (Å²) in [6, 6.07) is 17.4. The van der Waals surface area contributed by atoms with Crippen LogP contribution < -0.4 is 15.6 Å². The molecule has 0 aliphatic carbocycles. The SMILES string of the molecule is C=CCOc1ccccc1[C@H]1CC(=O)Nc2nc(SCc3ccccc3)[nH]c(=O)c21. The van der Waals surface area contributed by atoms with Crippen molar-refractivity contribution in [1.82, 2.24) is 9.97 Å². The fourth-order valence-electron chi connectivity index (χ4n) is 3.46. The lowest BCUT2D eigenvalue weighted by atomic mass is 9.86. The van der Waals surface area contributed by atoms with Gasteiger partial charge in [-0.1, -0.05) is 72.9 Å². The third kappa shape index (κ3) is 4.31. The number of para-hydroxylation sites is 1. The zero-order valence-corrected chi connectivity index (χ0v) is 17.1. The van der Waals surface area contributed by atoms with Gasteiger partial charge in [0.1, 0.15) is 18.2 Å². The maximum absolute atomic E-state index is 13.0. The Balaban J connectivity index is 1.67. The van der Waals surface area contributed by atoms with Crippen molar-refractivity contribution >= 4 is 23.5 Å². The van der Waals surface area contributed by atoms with Gasteiger partial charge in [-0.25, -0.2) is 4.98 Å². The molecule has 1 aliphatic heterocycles. The molecule has 2 heterocycles. The first-order chi connectivity index (χ1) is 14.7. The number of aromatic amines is 1. The Hall–Kier alpha value is -3.32. The number of thioether (sulfide) groups is 1. The molecule has 0 spiro atoms. The van der Waals surface area contributed by atoms with Gasteiger partial charge in [0.05, 0.1) is 5.56 Å². The van der Waals surface area contributed by atoms with Crippen molar-refractivity contribution in [2.24, 2.45) is 0 Å². The van der Waals surface area contributed by atoms with Crippen LogP contribution in [0.4, 0.5) is 5.82 Å². The van der Waals surface area contributed by atoms with E-state index in [1.54, 1.807) is 6.08 Å². The number of fused-ring (bicyclic) bond motifs is 1. The molecule has 2 aromatic carbocycles. The van der Waals surface area contributed by atoms with E-state index in [1.807, 2.05) is 54.6 Å². The molecular formula is C23H21N3O3S. The van der Waals surface area contributed by atoms with E-state index >= 15 is 0 Å². The number of carbonyl (C=O) groups is 1. The summed E-state index contributed by atoms with van der Waals surface area (Å²) >= 11 is 1.42. The molecule has 0 fully saturated rings. The maximum Gasteiger partial charge on any atom is 0.257 e. The van der Waals surface area contributed by atoms with Crippen LogP contribution in [-0.4, -0.2) is 22.5 Å². The molecule has 1 atom stereocenters. The number of nitrogens with one attached hydrogen (secondary N) is 2. The lowest BCUT2D eigenvalue weighted by molar-refractivity contribution is -0.116. The molecule has 0 saturated heterocycles. The molecule has 3 aromatic rings. The smallest absolute Gasteiger partial charge is 0.257 e. The first-order valence-electron chi connectivity index (χ1n) is 9.59. The highest BCUT2D eigenvalue weighted by Gasteiger charge is 2.32. The lowest BCUT2D eigenvalue weighted by Gasteiger charge is -2.26. The minimum absolute atomic E-state index is 0.155. The quantitative estimate of drug-likeness (QED) is 0.342. The summed E-state index contributed by atoms with van der Waals surface area (Å²) in [4.78, 5) is 32.8. The second kappa shape index (κ2) is 9.00. The number of nitrogens with zero attached hydrogens (tertiary/aromatic N) is 1. The fourth-order valence-corrected chi connectivity index (χ4v) is 4.28.